The van der Waals surface area contributed by atoms with Crippen LogP contribution >= 0.6 is 23.1 Å². The van der Waals surface area contributed by atoms with Crippen LogP contribution < -0.4 is 5.32 Å². The van der Waals surface area contributed by atoms with Crippen LogP contribution in [0.1, 0.15) is 28.6 Å². The Labute approximate surface area is 139 Å². The monoisotopic (exact) mass is 330 g/mol. The van der Waals surface area contributed by atoms with Gasteiger partial charge in [-0.3, -0.25) is 4.79 Å². The lowest BCUT2D eigenvalue weighted by atomic mass is 9.94. The van der Waals surface area contributed by atoms with Gasteiger partial charge in [0, 0.05) is 4.90 Å². The van der Waals surface area contributed by atoms with Crippen molar-refractivity contribution in [2.24, 2.45) is 0 Å². The molecule has 0 saturated heterocycles. The van der Waals surface area contributed by atoms with Gasteiger partial charge in [0.25, 0.3) is 5.91 Å². The van der Waals surface area contributed by atoms with Gasteiger partial charge in [-0.05, 0) is 43.0 Å². The summed E-state index contributed by atoms with van der Waals surface area (Å²) in [5.74, 6) is -0.170. The quantitative estimate of drug-likeness (QED) is 0.811. The van der Waals surface area contributed by atoms with E-state index < -0.39 is 5.54 Å². The maximum atomic E-state index is 12.4. The van der Waals surface area contributed by atoms with Gasteiger partial charge in [0.1, 0.15) is 10.4 Å². The molecule has 3 nitrogen and oxygen atoms in total. The normalized spacial score (nSPS) is 13.1. The van der Waals surface area contributed by atoms with E-state index in [0.717, 1.165) is 11.3 Å². The third-order valence-corrected chi connectivity index (χ3v) is 5.27. The summed E-state index contributed by atoms with van der Waals surface area (Å²) >= 11 is 2.95. The van der Waals surface area contributed by atoms with E-state index in [-0.39, 0.29) is 5.91 Å². The molecule has 5 heteroatoms. The van der Waals surface area contributed by atoms with Crippen molar-refractivity contribution in [3.05, 3.63) is 52.2 Å². The fraction of sp³-hybridized carbons (Fsp3) is 0.294. The van der Waals surface area contributed by atoms with Crippen LogP contribution in [0.5, 0.6) is 0 Å². The number of thioether (sulfide) groups is 1. The summed E-state index contributed by atoms with van der Waals surface area (Å²) in [6.45, 7) is 1.78. The predicted octanol–water partition coefficient (Wildman–Crippen LogP) is 4.11. The van der Waals surface area contributed by atoms with Gasteiger partial charge in [-0.25, -0.2) is 0 Å². The van der Waals surface area contributed by atoms with E-state index in [9.17, 15) is 10.1 Å². The zero-order valence-corrected chi connectivity index (χ0v) is 14.3. The van der Waals surface area contributed by atoms with Crippen LogP contribution in [0.2, 0.25) is 0 Å². The lowest BCUT2D eigenvalue weighted by Gasteiger charge is -2.23. The molecule has 0 unspecified atom stereocenters. The van der Waals surface area contributed by atoms with Gasteiger partial charge in [0.2, 0.25) is 0 Å². The van der Waals surface area contributed by atoms with Crippen molar-refractivity contribution in [1.82, 2.24) is 5.32 Å². The summed E-state index contributed by atoms with van der Waals surface area (Å²) < 4.78 is 0. The van der Waals surface area contributed by atoms with Crippen molar-refractivity contribution in [2.75, 3.05) is 6.26 Å². The van der Waals surface area contributed by atoms with Crippen molar-refractivity contribution in [1.29, 1.82) is 5.26 Å². The number of hydrogen-bond donors (Lipinski definition) is 1. The summed E-state index contributed by atoms with van der Waals surface area (Å²) in [6.07, 6.45) is 3.28. The number of benzene rings is 1. The Bertz CT molecular complexity index is 675. The molecule has 1 heterocycles. The summed E-state index contributed by atoms with van der Waals surface area (Å²) in [4.78, 5) is 14.0. The highest BCUT2D eigenvalue weighted by Gasteiger charge is 2.27. The molecule has 0 spiro atoms. The van der Waals surface area contributed by atoms with Gasteiger partial charge in [-0.2, -0.15) is 5.26 Å². The number of nitrogens with zero attached hydrogens (tertiary/aromatic N) is 1. The number of aryl methyl sites for hydroxylation is 1. The standard InChI is InChI=1S/C17H18N2OS2/c1-17(12-18,10-8-13-6-4-3-5-7-13)19-16(20)15-14(21-2)9-11-22-15/h3-7,9,11H,8,10H2,1-2H3,(H,19,20)/t17-/m1/s1. The first-order valence-electron chi connectivity index (χ1n) is 6.97. The largest absolute Gasteiger partial charge is 0.333 e. The van der Waals surface area contributed by atoms with Crippen LogP contribution in [-0.4, -0.2) is 17.7 Å². The van der Waals surface area contributed by atoms with Gasteiger partial charge in [-0.1, -0.05) is 30.3 Å². The van der Waals surface area contributed by atoms with Gasteiger partial charge in [-0.15, -0.1) is 23.1 Å². The maximum Gasteiger partial charge on any atom is 0.263 e. The molecule has 1 N–H and O–H groups in total. The second-order valence-corrected chi connectivity index (χ2v) is 6.97. The smallest absolute Gasteiger partial charge is 0.263 e. The van der Waals surface area contributed by atoms with E-state index in [0.29, 0.717) is 11.3 Å². The third kappa shape index (κ3) is 4.12. The lowest BCUT2D eigenvalue weighted by molar-refractivity contribution is 0.0923. The zero-order chi connectivity index (χ0) is 16.0. The lowest BCUT2D eigenvalue weighted by Crippen LogP contribution is -2.45. The Hall–Kier alpha value is -1.77. The van der Waals surface area contributed by atoms with Crippen molar-refractivity contribution in [2.45, 2.75) is 30.2 Å². The molecular formula is C17H18N2OS2. The van der Waals surface area contributed by atoms with Crippen LogP contribution in [0, 0.1) is 11.3 Å². The van der Waals surface area contributed by atoms with Crippen LogP contribution in [0.25, 0.3) is 0 Å². The number of thiophene rings is 1. The number of carbonyl (C=O) groups is 1. The molecule has 2 rings (SSSR count). The van der Waals surface area contributed by atoms with Crippen LogP contribution in [0.4, 0.5) is 0 Å². The minimum Gasteiger partial charge on any atom is -0.333 e. The molecule has 0 fully saturated rings. The summed E-state index contributed by atoms with van der Waals surface area (Å²) in [5, 5.41) is 14.3. The minimum atomic E-state index is -0.868. The summed E-state index contributed by atoms with van der Waals surface area (Å²) in [7, 11) is 0. The van der Waals surface area contributed by atoms with Gasteiger partial charge in [0.05, 0.1) is 6.07 Å². The molecular weight excluding hydrogens is 312 g/mol. The predicted molar refractivity (Wildman–Crippen MR) is 92.3 cm³/mol. The third-order valence-electron chi connectivity index (χ3n) is 3.45. The zero-order valence-electron chi connectivity index (χ0n) is 12.6. The fourth-order valence-corrected chi connectivity index (χ4v) is 3.76. The van der Waals surface area contributed by atoms with E-state index in [1.165, 1.54) is 16.9 Å². The number of amides is 1. The van der Waals surface area contributed by atoms with E-state index in [2.05, 4.69) is 11.4 Å². The van der Waals surface area contributed by atoms with Crippen LogP contribution in [0.3, 0.4) is 0 Å². The first-order chi connectivity index (χ1) is 10.6. The fourth-order valence-electron chi connectivity index (χ4n) is 2.12. The average Bonchev–Trinajstić information content (AvgIpc) is 3.03. The van der Waals surface area contributed by atoms with Crippen molar-refractivity contribution in [3.8, 4) is 6.07 Å². The van der Waals surface area contributed by atoms with Crippen LogP contribution in [-0.2, 0) is 6.42 Å². The van der Waals surface area contributed by atoms with E-state index >= 15 is 0 Å². The SMILES string of the molecule is CSc1ccsc1C(=O)N[C@@](C)(C#N)CCc1ccccc1. The minimum absolute atomic E-state index is 0.170. The van der Waals surface area contributed by atoms with Gasteiger partial charge < -0.3 is 5.32 Å². The van der Waals surface area contributed by atoms with Crippen molar-refractivity contribution in [3.63, 3.8) is 0 Å². The number of hydrogen-bond acceptors (Lipinski definition) is 4. The first kappa shape index (κ1) is 16.6. The molecule has 1 aromatic carbocycles. The number of nitriles is 1. The molecule has 2 aromatic rings. The van der Waals surface area contributed by atoms with E-state index in [4.69, 9.17) is 0 Å². The molecule has 0 aliphatic carbocycles. The molecule has 1 amide bonds. The molecule has 0 radical (unpaired) electrons. The number of rotatable bonds is 6. The molecule has 1 atom stereocenters. The molecule has 0 aliphatic heterocycles. The molecule has 0 aliphatic rings. The van der Waals surface area contributed by atoms with Gasteiger partial charge >= 0.3 is 0 Å². The topological polar surface area (TPSA) is 52.9 Å². The second-order valence-electron chi connectivity index (χ2n) is 5.20. The van der Waals surface area contributed by atoms with E-state index in [1.807, 2.05) is 48.0 Å². The Morgan fingerprint density at radius 2 is 2.09 bits per heavy atom. The first-order valence-corrected chi connectivity index (χ1v) is 9.07. The average molecular weight is 330 g/mol. The Morgan fingerprint density at radius 3 is 2.73 bits per heavy atom. The molecule has 1 aromatic heterocycles. The van der Waals surface area contributed by atoms with Crippen LogP contribution in [0.15, 0.2) is 46.7 Å². The van der Waals surface area contributed by atoms with Crippen molar-refractivity contribution >= 4 is 29.0 Å². The Kier molecular flexibility index (Phi) is 5.64. The molecule has 0 bridgehead atoms. The highest BCUT2D eigenvalue weighted by Crippen LogP contribution is 2.26. The Morgan fingerprint density at radius 1 is 1.36 bits per heavy atom. The molecule has 114 valence electrons. The maximum absolute atomic E-state index is 12.4. The van der Waals surface area contributed by atoms with E-state index in [1.54, 1.807) is 18.7 Å². The highest BCUT2D eigenvalue weighted by molar-refractivity contribution is 7.98. The second kappa shape index (κ2) is 7.48. The number of carbonyl (C=O) groups excluding carboxylic acids is 1. The van der Waals surface area contributed by atoms with Crippen molar-refractivity contribution < 1.29 is 4.79 Å². The molecule has 22 heavy (non-hydrogen) atoms. The number of nitrogens with one attached hydrogen (secondary N) is 1. The Balaban J connectivity index is 2.04. The summed E-state index contributed by atoms with van der Waals surface area (Å²) in [6, 6.07) is 14.2. The van der Waals surface area contributed by atoms with Gasteiger partial charge in [0.15, 0.2) is 0 Å². The summed E-state index contributed by atoms with van der Waals surface area (Å²) in [5.41, 5.74) is 0.297. The highest BCUT2D eigenvalue weighted by atomic mass is 32.2. The molecule has 0 saturated carbocycles.